The summed E-state index contributed by atoms with van der Waals surface area (Å²) < 4.78 is 68.2. The number of anilines is 1. The second-order valence-electron chi connectivity index (χ2n) is 11.0. The highest BCUT2D eigenvalue weighted by atomic mass is 19.4. The van der Waals surface area contributed by atoms with Gasteiger partial charge in [-0.25, -0.2) is 13.8 Å². The standard InChI is InChI=1S/C29H33F5N8O3/c1-3-17-12-19(4-5-20(17)28(45)41-10-8-40(9-11-41)27(44)18-6-7-35-13-18)37-26(43)25-36-14-22(39(25)2)21-15-42(16-23(30)31)38-24(21)29(32,33)34/h4-5,12,14-15,18,23,35H,3,6-11,13,16H2,1-2H3,(H,37,43)/t18-/m1/s1. The van der Waals surface area contributed by atoms with E-state index >= 15 is 0 Å². The number of nitrogens with one attached hydrogen (secondary N) is 2. The molecule has 2 fully saturated rings. The molecule has 242 valence electrons. The SMILES string of the molecule is CCc1cc(NC(=O)c2ncc(-c3cn(CC(F)F)nc3C(F)(F)F)n2C)ccc1C(=O)N1CCN(C(=O)[C@@H]2CCNC2)CC1. The van der Waals surface area contributed by atoms with Crippen molar-refractivity contribution in [2.24, 2.45) is 13.0 Å². The summed E-state index contributed by atoms with van der Waals surface area (Å²) in [4.78, 5) is 46.7. The minimum atomic E-state index is -4.93. The topological polar surface area (TPSA) is 117 Å². The molecule has 2 N–H and O–H groups in total. The number of carbonyl (C=O) groups is 3. The Balaban J connectivity index is 1.28. The molecule has 0 bridgehead atoms. The Bertz CT molecular complexity index is 1570. The summed E-state index contributed by atoms with van der Waals surface area (Å²) in [6.07, 6.45) is -4.65. The third-order valence-electron chi connectivity index (χ3n) is 8.09. The maximum absolute atomic E-state index is 13.6. The van der Waals surface area contributed by atoms with Gasteiger partial charge in [0.05, 0.1) is 23.4 Å². The van der Waals surface area contributed by atoms with Gasteiger partial charge in [0.15, 0.2) is 11.5 Å². The van der Waals surface area contributed by atoms with Gasteiger partial charge in [0.2, 0.25) is 5.91 Å². The van der Waals surface area contributed by atoms with E-state index in [1.165, 1.54) is 7.05 Å². The van der Waals surface area contributed by atoms with E-state index in [9.17, 15) is 36.3 Å². The molecule has 0 aliphatic carbocycles. The van der Waals surface area contributed by atoms with Crippen molar-refractivity contribution in [3.63, 3.8) is 0 Å². The third kappa shape index (κ3) is 6.84. The quantitative estimate of drug-likeness (QED) is 0.367. The van der Waals surface area contributed by atoms with Crippen LogP contribution < -0.4 is 10.6 Å². The number of benzene rings is 1. The van der Waals surface area contributed by atoms with Crippen LogP contribution in [0.4, 0.5) is 27.6 Å². The average molecular weight is 637 g/mol. The summed E-state index contributed by atoms with van der Waals surface area (Å²) in [5.41, 5.74) is -0.506. The number of piperazine rings is 1. The normalized spacial score (nSPS) is 17.3. The van der Waals surface area contributed by atoms with Gasteiger partial charge in [-0.1, -0.05) is 6.92 Å². The lowest BCUT2D eigenvalue weighted by Crippen LogP contribution is -2.52. The summed E-state index contributed by atoms with van der Waals surface area (Å²) >= 11 is 0. The van der Waals surface area contributed by atoms with Crippen LogP contribution in [0.3, 0.4) is 0 Å². The van der Waals surface area contributed by atoms with E-state index in [2.05, 4.69) is 20.7 Å². The van der Waals surface area contributed by atoms with Crippen molar-refractivity contribution in [1.82, 2.24) is 34.4 Å². The summed E-state index contributed by atoms with van der Waals surface area (Å²) in [7, 11) is 1.33. The molecule has 11 nitrogen and oxygen atoms in total. The molecule has 2 aliphatic rings. The molecule has 2 aliphatic heterocycles. The second-order valence-corrected chi connectivity index (χ2v) is 11.0. The first-order valence-electron chi connectivity index (χ1n) is 14.5. The number of halogens is 5. The lowest BCUT2D eigenvalue weighted by molar-refractivity contribution is -0.141. The molecule has 0 spiro atoms. The van der Waals surface area contributed by atoms with Crippen LogP contribution in [-0.4, -0.2) is 92.5 Å². The van der Waals surface area contributed by atoms with Gasteiger partial charge in [0.25, 0.3) is 18.2 Å². The molecule has 45 heavy (non-hydrogen) atoms. The van der Waals surface area contributed by atoms with Crippen molar-refractivity contribution in [1.29, 1.82) is 0 Å². The van der Waals surface area contributed by atoms with Crippen molar-refractivity contribution < 1.29 is 36.3 Å². The van der Waals surface area contributed by atoms with Crippen molar-refractivity contribution in [2.75, 3.05) is 44.6 Å². The van der Waals surface area contributed by atoms with E-state index < -0.39 is 36.3 Å². The second kappa shape index (κ2) is 12.9. The Morgan fingerprint density at radius 3 is 2.44 bits per heavy atom. The molecule has 4 heterocycles. The first kappa shape index (κ1) is 32.1. The predicted octanol–water partition coefficient (Wildman–Crippen LogP) is 3.28. The number of rotatable bonds is 8. The Kier molecular flexibility index (Phi) is 9.23. The number of hydrogen-bond donors (Lipinski definition) is 2. The number of amides is 3. The Labute approximate surface area is 255 Å². The molecule has 1 aromatic carbocycles. The summed E-state index contributed by atoms with van der Waals surface area (Å²) in [5.74, 6) is -1.03. The fraction of sp³-hybridized carbons (Fsp3) is 0.483. The molecule has 0 radical (unpaired) electrons. The zero-order valence-corrected chi connectivity index (χ0v) is 24.7. The van der Waals surface area contributed by atoms with Crippen molar-refractivity contribution in [3.8, 4) is 11.3 Å². The van der Waals surface area contributed by atoms with Gasteiger partial charge in [-0.05, 0) is 43.1 Å². The molecule has 1 atom stereocenters. The number of imidazole rings is 1. The van der Waals surface area contributed by atoms with Crippen LogP contribution in [0.1, 0.15) is 45.6 Å². The predicted molar refractivity (Wildman–Crippen MR) is 153 cm³/mol. The molecule has 3 amide bonds. The van der Waals surface area contributed by atoms with E-state index in [1.54, 1.807) is 23.1 Å². The van der Waals surface area contributed by atoms with Crippen LogP contribution in [0.2, 0.25) is 0 Å². The lowest BCUT2D eigenvalue weighted by atomic mass is 10.0. The highest BCUT2D eigenvalue weighted by molar-refractivity contribution is 6.03. The van der Waals surface area contributed by atoms with E-state index in [0.717, 1.165) is 29.9 Å². The molecular formula is C29H33F5N8O3. The monoisotopic (exact) mass is 636 g/mol. The molecular weight excluding hydrogens is 603 g/mol. The molecule has 16 heteroatoms. The first-order chi connectivity index (χ1) is 21.4. The summed E-state index contributed by atoms with van der Waals surface area (Å²) in [6.45, 7) is 4.07. The van der Waals surface area contributed by atoms with Crippen molar-refractivity contribution in [2.45, 2.75) is 38.9 Å². The summed E-state index contributed by atoms with van der Waals surface area (Å²) in [6, 6.07) is 4.81. The van der Waals surface area contributed by atoms with E-state index in [4.69, 9.17) is 0 Å². The Morgan fingerprint density at radius 1 is 1.11 bits per heavy atom. The van der Waals surface area contributed by atoms with Gasteiger partial charge in [0, 0.05) is 57.2 Å². The van der Waals surface area contributed by atoms with Gasteiger partial charge in [0.1, 0.15) is 6.54 Å². The summed E-state index contributed by atoms with van der Waals surface area (Å²) in [5, 5.41) is 9.15. The highest BCUT2D eigenvalue weighted by Gasteiger charge is 2.39. The highest BCUT2D eigenvalue weighted by Crippen LogP contribution is 2.36. The van der Waals surface area contributed by atoms with E-state index in [-0.39, 0.29) is 29.3 Å². The fourth-order valence-corrected chi connectivity index (χ4v) is 5.71. The fourth-order valence-electron chi connectivity index (χ4n) is 5.71. The third-order valence-corrected chi connectivity index (χ3v) is 8.09. The zero-order valence-electron chi connectivity index (χ0n) is 24.7. The van der Waals surface area contributed by atoms with E-state index in [0.29, 0.717) is 60.6 Å². The number of alkyl halides is 5. The minimum absolute atomic E-state index is 0.0200. The molecule has 3 aromatic rings. The van der Waals surface area contributed by atoms with Gasteiger partial charge in [-0.2, -0.15) is 18.3 Å². The largest absolute Gasteiger partial charge is 0.435 e. The number of aromatic nitrogens is 4. The van der Waals surface area contributed by atoms with E-state index in [1.807, 2.05) is 11.8 Å². The number of hydrogen-bond acceptors (Lipinski definition) is 6. The van der Waals surface area contributed by atoms with Crippen LogP contribution in [0.25, 0.3) is 11.3 Å². The first-order valence-corrected chi connectivity index (χ1v) is 14.5. The smallest absolute Gasteiger partial charge is 0.339 e. The average Bonchev–Trinajstić information content (AvgIpc) is 3.76. The number of carbonyl (C=O) groups excluding carboxylic acids is 3. The maximum atomic E-state index is 13.6. The minimum Gasteiger partial charge on any atom is -0.339 e. The van der Waals surface area contributed by atoms with Crippen molar-refractivity contribution in [3.05, 3.63) is 53.2 Å². The molecule has 2 saturated heterocycles. The van der Waals surface area contributed by atoms with Crippen LogP contribution in [0.5, 0.6) is 0 Å². The van der Waals surface area contributed by atoms with Crippen LogP contribution >= 0.6 is 0 Å². The lowest BCUT2D eigenvalue weighted by Gasteiger charge is -2.36. The Hall–Kier alpha value is -4.34. The number of aryl methyl sites for hydroxylation is 1. The molecule has 0 unspecified atom stereocenters. The van der Waals surface area contributed by atoms with Crippen LogP contribution in [-0.2, 0) is 31.0 Å². The van der Waals surface area contributed by atoms with Gasteiger partial charge in [-0.3, -0.25) is 19.1 Å². The Morgan fingerprint density at radius 2 is 1.82 bits per heavy atom. The van der Waals surface area contributed by atoms with Gasteiger partial charge >= 0.3 is 6.18 Å². The zero-order chi connectivity index (χ0) is 32.5. The number of nitrogens with zero attached hydrogens (tertiary/aromatic N) is 6. The van der Waals surface area contributed by atoms with Crippen molar-refractivity contribution >= 4 is 23.4 Å². The van der Waals surface area contributed by atoms with Gasteiger partial charge in [-0.15, -0.1) is 0 Å². The van der Waals surface area contributed by atoms with Crippen LogP contribution in [0.15, 0.2) is 30.6 Å². The van der Waals surface area contributed by atoms with Gasteiger partial charge < -0.3 is 25.0 Å². The molecule has 0 saturated carbocycles. The maximum Gasteiger partial charge on any atom is 0.435 e. The molecule has 2 aromatic heterocycles. The molecule has 5 rings (SSSR count). The van der Waals surface area contributed by atoms with Crippen LogP contribution in [0, 0.1) is 5.92 Å².